The average molecular weight is 344 g/mol. The van der Waals surface area contributed by atoms with Crippen LogP contribution in [0.5, 0.6) is 0 Å². The minimum atomic E-state index is -4.31. The van der Waals surface area contributed by atoms with Gasteiger partial charge in [-0.05, 0) is 42.5 Å². The highest BCUT2D eigenvalue weighted by atomic mass is 32.2. The minimum absolute atomic E-state index is 0.365. The van der Waals surface area contributed by atoms with E-state index >= 15 is 0 Å². The number of thioether (sulfide) groups is 1. The van der Waals surface area contributed by atoms with Gasteiger partial charge < -0.3 is 9.47 Å². The van der Waals surface area contributed by atoms with Crippen molar-refractivity contribution >= 4 is 17.3 Å². The molecular formula is C17H19F3O2S. The van der Waals surface area contributed by atoms with Crippen molar-refractivity contribution in [2.24, 2.45) is 0 Å². The van der Waals surface area contributed by atoms with E-state index in [4.69, 9.17) is 9.47 Å². The molecule has 23 heavy (non-hydrogen) atoms. The van der Waals surface area contributed by atoms with Crippen molar-refractivity contribution in [3.63, 3.8) is 0 Å². The van der Waals surface area contributed by atoms with E-state index in [9.17, 15) is 13.2 Å². The fourth-order valence-electron chi connectivity index (χ4n) is 2.06. The molecule has 1 aliphatic heterocycles. The first-order chi connectivity index (χ1) is 10.9. The predicted octanol–water partition coefficient (Wildman–Crippen LogP) is 4.77. The number of halogens is 3. The highest BCUT2D eigenvalue weighted by Gasteiger charge is 2.29. The van der Waals surface area contributed by atoms with Gasteiger partial charge in [-0.15, -0.1) is 0 Å². The third kappa shape index (κ3) is 5.41. The second-order valence-electron chi connectivity index (χ2n) is 5.20. The molecule has 0 atom stereocenters. The SMILES string of the molecule is CSC1COC(/C=C/C=C(\C)c2ccc(C(F)(F)F)cc2)OC1. The molecule has 6 heteroatoms. The molecule has 0 spiro atoms. The van der Waals surface area contributed by atoms with Gasteiger partial charge in [0.1, 0.15) is 0 Å². The molecule has 0 saturated carbocycles. The summed E-state index contributed by atoms with van der Waals surface area (Å²) in [7, 11) is 0. The highest BCUT2D eigenvalue weighted by Crippen LogP contribution is 2.30. The third-order valence-electron chi connectivity index (χ3n) is 3.51. The zero-order chi connectivity index (χ0) is 16.9. The van der Waals surface area contributed by atoms with Gasteiger partial charge in [-0.3, -0.25) is 0 Å². The Morgan fingerprint density at radius 2 is 1.78 bits per heavy atom. The molecule has 0 aromatic heterocycles. The van der Waals surface area contributed by atoms with Crippen molar-refractivity contribution in [2.75, 3.05) is 19.5 Å². The molecule has 1 saturated heterocycles. The van der Waals surface area contributed by atoms with E-state index in [0.717, 1.165) is 23.3 Å². The largest absolute Gasteiger partial charge is 0.416 e. The van der Waals surface area contributed by atoms with E-state index in [-0.39, 0.29) is 6.29 Å². The van der Waals surface area contributed by atoms with Gasteiger partial charge >= 0.3 is 6.18 Å². The van der Waals surface area contributed by atoms with Crippen molar-refractivity contribution in [1.29, 1.82) is 0 Å². The topological polar surface area (TPSA) is 18.5 Å². The van der Waals surface area contributed by atoms with Gasteiger partial charge in [-0.2, -0.15) is 24.9 Å². The van der Waals surface area contributed by atoms with Crippen LogP contribution in [0.2, 0.25) is 0 Å². The molecule has 1 fully saturated rings. The summed E-state index contributed by atoms with van der Waals surface area (Å²) in [4.78, 5) is 0. The molecule has 126 valence electrons. The Bertz CT molecular complexity index is 556. The fraction of sp³-hybridized carbons (Fsp3) is 0.412. The van der Waals surface area contributed by atoms with Gasteiger partial charge in [0.25, 0.3) is 0 Å². The van der Waals surface area contributed by atoms with Gasteiger partial charge in [-0.25, -0.2) is 0 Å². The second kappa shape index (κ2) is 8.04. The van der Waals surface area contributed by atoms with Gasteiger partial charge in [0.15, 0.2) is 6.29 Å². The standard InChI is InChI=1S/C17H19F3O2S/c1-12(13-6-8-14(9-7-13)17(18,19)20)4-3-5-16-21-10-15(23-2)11-22-16/h3-9,15-16H,10-11H2,1-2H3/b5-3+,12-4+. The number of allylic oxidation sites excluding steroid dienone is 3. The Morgan fingerprint density at radius 3 is 2.30 bits per heavy atom. The van der Waals surface area contributed by atoms with Crippen LogP contribution in [-0.2, 0) is 15.7 Å². The predicted molar refractivity (Wildman–Crippen MR) is 87.2 cm³/mol. The molecule has 0 aliphatic carbocycles. The maximum Gasteiger partial charge on any atom is 0.416 e. The smallest absolute Gasteiger partial charge is 0.348 e. The molecule has 2 rings (SSSR count). The Hall–Kier alpha value is -1.24. The average Bonchev–Trinajstić information content (AvgIpc) is 2.54. The Kier molecular flexibility index (Phi) is 6.33. The summed E-state index contributed by atoms with van der Waals surface area (Å²) in [6, 6.07) is 5.12. The lowest BCUT2D eigenvalue weighted by Gasteiger charge is -2.26. The van der Waals surface area contributed by atoms with Gasteiger partial charge in [0.05, 0.1) is 24.0 Å². The van der Waals surface area contributed by atoms with E-state index in [0.29, 0.717) is 18.5 Å². The molecule has 1 aromatic rings. The zero-order valence-electron chi connectivity index (χ0n) is 13.0. The summed E-state index contributed by atoms with van der Waals surface area (Å²) in [6.45, 7) is 3.15. The van der Waals surface area contributed by atoms with Gasteiger partial charge in [0.2, 0.25) is 0 Å². The summed E-state index contributed by atoms with van der Waals surface area (Å²) in [5.41, 5.74) is 0.972. The molecule has 0 N–H and O–H groups in total. The number of alkyl halides is 3. The van der Waals surface area contributed by atoms with Crippen molar-refractivity contribution in [3.8, 4) is 0 Å². The Labute approximate surface area is 138 Å². The number of ether oxygens (including phenoxy) is 2. The molecule has 0 bridgehead atoms. The minimum Gasteiger partial charge on any atom is -0.348 e. The summed E-state index contributed by atoms with van der Waals surface area (Å²) in [5.74, 6) is 0. The number of hydrogen-bond donors (Lipinski definition) is 0. The van der Waals surface area contributed by atoms with E-state index < -0.39 is 11.7 Å². The van der Waals surface area contributed by atoms with Crippen molar-refractivity contribution in [3.05, 3.63) is 53.6 Å². The van der Waals surface area contributed by atoms with Crippen LogP contribution in [0.3, 0.4) is 0 Å². The molecular weight excluding hydrogens is 325 g/mol. The van der Waals surface area contributed by atoms with E-state index in [1.807, 2.05) is 19.3 Å². The van der Waals surface area contributed by atoms with Crippen molar-refractivity contribution < 1.29 is 22.6 Å². The number of rotatable bonds is 4. The molecule has 1 heterocycles. The normalized spacial score (nSPS) is 23.4. The first-order valence-electron chi connectivity index (χ1n) is 7.19. The molecule has 1 aliphatic rings. The van der Waals surface area contributed by atoms with Crippen LogP contribution in [0.1, 0.15) is 18.1 Å². The van der Waals surface area contributed by atoms with Crippen LogP contribution < -0.4 is 0 Å². The fourth-order valence-corrected chi connectivity index (χ4v) is 2.49. The quantitative estimate of drug-likeness (QED) is 0.733. The zero-order valence-corrected chi connectivity index (χ0v) is 13.8. The van der Waals surface area contributed by atoms with Crippen LogP contribution >= 0.6 is 11.8 Å². The monoisotopic (exact) mass is 344 g/mol. The van der Waals surface area contributed by atoms with Crippen LogP contribution in [-0.4, -0.2) is 31.0 Å². The highest BCUT2D eigenvalue weighted by molar-refractivity contribution is 7.99. The molecule has 2 nitrogen and oxygen atoms in total. The van der Waals surface area contributed by atoms with E-state index in [1.54, 1.807) is 23.9 Å². The van der Waals surface area contributed by atoms with Crippen LogP contribution in [0.25, 0.3) is 5.57 Å². The lowest BCUT2D eigenvalue weighted by molar-refractivity contribution is -0.146. The van der Waals surface area contributed by atoms with Crippen molar-refractivity contribution in [1.82, 2.24) is 0 Å². The second-order valence-corrected chi connectivity index (χ2v) is 6.34. The van der Waals surface area contributed by atoms with Gasteiger partial charge in [0, 0.05) is 0 Å². The maximum absolute atomic E-state index is 12.5. The van der Waals surface area contributed by atoms with E-state index in [1.165, 1.54) is 12.1 Å². The van der Waals surface area contributed by atoms with Crippen LogP contribution in [0.4, 0.5) is 13.2 Å². The van der Waals surface area contributed by atoms with Crippen LogP contribution in [0.15, 0.2) is 42.5 Å². The molecule has 0 unspecified atom stereocenters. The summed E-state index contributed by atoms with van der Waals surface area (Å²) >= 11 is 1.71. The Morgan fingerprint density at radius 1 is 1.17 bits per heavy atom. The molecule has 1 aromatic carbocycles. The summed E-state index contributed by atoms with van der Waals surface area (Å²) in [5, 5.41) is 0.365. The lowest BCUT2D eigenvalue weighted by Crippen LogP contribution is -2.32. The third-order valence-corrected chi connectivity index (χ3v) is 4.45. The molecule has 0 amide bonds. The molecule has 0 radical (unpaired) electrons. The summed E-state index contributed by atoms with van der Waals surface area (Å²) in [6.07, 6.45) is 2.77. The first kappa shape index (κ1) is 18.1. The number of benzene rings is 1. The first-order valence-corrected chi connectivity index (χ1v) is 8.47. The van der Waals surface area contributed by atoms with Crippen molar-refractivity contribution in [2.45, 2.75) is 24.6 Å². The Balaban J connectivity index is 1.93. The van der Waals surface area contributed by atoms with Crippen LogP contribution in [0, 0.1) is 0 Å². The summed E-state index contributed by atoms with van der Waals surface area (Å²) < 4.78 is 48.7. The number of hydrogen-bond acceptors (Lipinski definition) is 3. The lowest BCUT2D eigenvalue weighted by atomic mass is 10.0. The van der Waals surface area contributed by atoms with E-state index in [2.05, 4.69) is 0 Å². The maximum atomic E-state index is 12.5. The van der Waals surface area contributed by atoms with Gasteiger partial charge in [-0.1, -0.05) is 24.3 Å².